The first-order chi connectivity index (χ1) is 10.1. The molecule has 1 saturated heterocycles. The van der Waals surface area contributed by atoms with Crippen molar-refractivity contribution >= 4 is 11.9 Å². The lowest BCUT2D eigenvalue weighted by Gasteiger charge is -2.11. The predicted octanol–water partition coefficient (Wildman–Crippen LogP) is -1.47. The van der Waals surface area contributed by atoms with Crippen LogP contribution in [0.1, 0.15) is 17.7 Å². The SMILES string of the molecule is O=C1NCC(C(=O)NCCn2nc3c(cc2=O)CCC3)N1. The second-order valence-corrected chi connectivity index (χ2v) is 5.23. The van der Waals surface area contributed by atoms with Crippen molar-refractivity contribution in [2.24, 2.45) is 0 Å². The molecular formula is C13H17N5O3. The Bertz CT molecular complexity index is 639. The molecule has 3 amide bonds. The summed E-state index contributed by atoms with van der Waals surface area (Å²) < 4.78 is 1.38. The number of amides is 3. The Morgan fingerprint density at radius 3 is 3.05 bits per heavy atom. The van der Waals surface area contributed by atoms with Gasteiger partial charge in [0.25, 0.3) is 5.56 Å². The fourth-order valence-corrected chi connectivity index (χ4v) is 2.62. The van der Waals surface area contributed by atoms with Crippen LogP contribution in [0.5, 0.6) is 0 Å². The Balaban J connectivity index is 1.55. The van der Waals surface area contributed by atoms with Crippen molar-refractivity contribution < 1.29 is 9.59 Å². The van der Waals surface area contributed by atoms with Gasteiger partial charge >= 0.3 is 6.03 Å². The molecule has 2 heterocycles. The maximum Gasteiger partial charge on any atom is 0.315 e. The van der Waals surface area contributed by atoms with E-state index in [9.17, 15) is 14.4 Å². The standard InChI is InChI=1S/C13H17N5O3/c19-11-6-8-2-1-3-9(8)17-18(11)5-4-14-12(20)10-7-15-13(21)16-10/h6,10H,1-5,7H2,(H,14,20)(H2,15,16,21). The zero-order valence-electron chi connectivity index (χ0n) is 11.5. The summed E-state index contributed by atoms with van der Waals surface area (Å²) in [5.41, 5.74) is 1.88. The van der Waals surface area contributed by atoms with Gasteiger partial charge in [-0.3, -0.25) is 9.59 Å². The number of hydrogen-bond donors (Lipinski definition) is 3. The molecule has 21 heavy (non-hydrogen) atoms. The van der Waals surface area contributed by atoms with Gasteiger partial charge in [-0.2, -0.15) is 5.10 Å². The molecule has 0 bridgehead atoms. The van der Waals surface area contributed by atoms with Gasteiger partial charge in [-0.15, -0.1) is 0 Å². The molecule has 1 aromatic heterocycles. The van der Waals surface area contributed by atoms with E-state index in [1.807, 2.05) is 0 Å². The van der Waals surface area contributed by atoms with Crippen LogP contribution in [0.4, 0.5) is 4.79 Å². The minimum Gasteiger partial charge on any atom is -0.352 e. The lowest BCUT2D eigenvalue weighted by Crippen LogP contribution is -2.44. The summed E-state index contributed by atoms with van der Waals surface area (Å²) in [5.74, 6) is -0.262. The molecule has 1 fully saturated rings. The van der Waals surface area contributed by atoms with Crippen LogP contribution in [0, 0.1) is 0 Å². The molecule has 1 atom stereocenters. The smallest absolute Gasteiger partial charge is 0.315 e. The van der Waals surface area contributed by atoms with Gasteiger partial charge in [-0.25, -0.2) is 9.48 Å². The van der Waals surface area contributed by atoms with Gasteiger partial charge in [0.2, 0.25) is 5.91 Å². The summed E-state index contributed by atoms with van der Waals surface area (Å²) in [6, 6.07) is 0.743. The van der Waals surface area contributed by atoms with Crippen LogP contribution >= 0.6 is 0 Å². The first-order valence-electron chi connectivity index (χ1n) is 7.05. The number of rotatable bonds is 4. The summed E-state index contributed by atoms with van der Waals surface area (Å²) in [6.07, 6.45) is 2.86. The number of aromatic nitrogens is 2. The Hall–Kier alpha value is -2.38. The third kappa shape index (κ3) is 2.88. The molecule has 0 radical (unpaired) electrons. The predicted molar refractivity (Wildman–Crippen MR) is 73.9 cm³/mol. The normalized spacial score (nSPS) is 19.8. The summed E-state index contributed by atoms with van der Waals surface area (Å²) in [5, 5.41) is 12.0. The number of carbonyl (C=O) groups excluding carboxylic acids is 2. The van der Waals surface area contributed by atoms with Gasteiger partial charge in [0.05, 0.1) is 12.2 Å². The molecule has 1 unspecified atom stereocenters. The van der Waals surface area contributed by atoms with Crippen molar-refractivity contribution in [3.05, 3.63) is 27.7 Å². The summed E-state index contributed by atoms with van der Waals surface area (Å²) in [6.45, 7) is 0.907. The molecular weight excluding hydrogens is 274 g/mol. The van der Waals surface area contributed by atoms with Crippen LogP contribution in [-0.4, -0.2) is 40.9 Å². The monoisotopic (exact) mass is 291 g/mol. The minimum absolute atomic E-state index is 0.138. The third-order valence-corrected chi connectivity index (χ3v) is 3.74. The molecule has 1 aromatic rings. The molecule has 3 rings (SSSR count). The Labute approximate surface area is 120 Å². The van der Waals surface area contributed by atoms with E-state index >= 15 is 0 Å². The van der Waals surface area contributed by atoms with Gasteiger partial charge in [-0.05, 0) is 24.8 Å². The maximum absolute atomic E-state index is 11.9. The van der Waals surface area contributed by atoms with Gasteiger partial charge < -0.3 is 16.0 Å². The number of hydrogen-bond acceptors (Lipinski definition) is 4. The fourth-order valence-electron chi connectivity index (χ4n) is 2.62. The first kappa shape index (κ1) is 13.6. The molecule has 3 N–H and O–H groups in total. The average molecular weight is 291 g/mol. The van der Waals surface area contributed by atoms with Crippen molar-refractivity contribution in [3.8, 4) is 0 Å². The Morgan fingerprint density at radius 1 is 1.43 bits per heavy atom. The fraction of sp³-hybridized carbons (Fsp3) is 0.538. The van der Waals surface area contributed by atoms with E-state index in [1.165, 1.54) is 4.68 Å². The van der Waals surface area contributed by atoms with Gasteiger partial charge in [-0.1, -0.05) is 0 Å². The number of urea groups is 1. The van der Waals surface area contributed by atoms with Crippen molar-refractivity contribution in [1.82, 2.24) is 25.7 Å². The number of aryl methyl sites for hydroxylation is 2. The highest BCUT2D eigenvalue weighted by atomic mass is 16.2. The van der Waals surface area contributed by atoms with E-state index in [0.29, 0.717) is 13.1 Å². The van der Waals surface area contributed by atoms with Crippen LogP contribution in [0.15, 0.2) is 10.9 Å². The molecule has 8 nitrogen and oxygen atoms in total. The highest BCUT2D eigenvalue weighted by molar-refractivity contribution is 5.90. The highest BCUT2D eigenvalue weighted by Crippen LogP contribution is 2.16. The minimum atomic E-state index is -0.554. The Morgan fingerprint density at radius 2 is 2.29 bits per heavy atom. The topological polar surface area (TPSA) is 105 Å². The van der Waals surface area contributed by atoms with E-state index in [0.717, 1.165) is 30.5 Å². The van der Waals surface area contributed by atoms with Crippen molar-refractivity contribution in [2.45, 2.75) is 31.8 Å². The van der Waals surface area contributed by atoms with Gasteiger partial charge in [0, 0.05) is 19.2 Å². The van der Waals surface area contributed by atoms with E-state index in [2.05, 4.69) is 21.0 Å². The van der Waals surface area contributed by atoms with E-state index in [-0.39, 0.29) is 24.0 Å². The summed E-state index contributed by atoms with van der Waals surface area (Å²) >= 11 is 0. The first-order valence-corrected chi connectivity index (χ1v) is 7.05. The molecule has 8 heteroatoms. The number of fused-ring (bicyclic) bond motifs is 1. The molecule has 1 aliphatic heterocycles. The van der Waals surface area contributed by atoms with Gasteiger partial charge in [0.15, 0.2) is 0 Å². The van der Waals surface area contributed by atoms with Crippen LogP contribution in [0.25, 0.3) is 0 Å². The van der Waals surface area contributed by atoms with E-state index < -0.39 is 6.04 Å². The molecule has 112 valence electrons. The van der Waals surface area contributed by atoms with Crippen molar-refractivity contribution in [2.75, 3.05) is 13.1 Å². The lowest BCUT2D eigenvalue weighted by molar-refractivity contribution is -0.122. The molecule has 2 aliphatic rings. The maximum atomic E-state index is 11.9. The zero-order chi connectivity index (χ0) is 14.8. The third-order valence-electron chi connectivity index (χ3n) is 3.74. The van der Waals surface area contributed by atoms with Crippen LogP contribution in [-0.2, 0) is 24.2 Å². The van der Waals surface area contributed by atoms with Crippen LogP contribution in [0.2, 0.25) is 0 Å². The second kappa shape index (κ2) is 5.55. The highest BCUT2D eigenvalue weighted by Gasteiger charge is 2.26. The molecule has 0 spiro atoms. The quantitative estimate of drug-likeness (QED) is 0.630. The molecule has 1 aliphatic carbocycles. The summed E-state index contributed by atoms with van der Waals surface area (Å²) in [4.78, 5) is 34.6. The largest absolute Gasteiger partial charge is 0.352 e. The van der Waals surface area contributed by atoms with E-state index in [4.69, 9.17) is 0 Å². The molecule has 0 saturated carbocycles. The second-order valence-electron chi connectivity index (χ2n) is 5.23. The van der Waals surface area contributed by atoms with Gasteiger partial charge in [0.1, 0.15) is 6.04 Å². The van der Waals surface area contributed by atoms with E-state index in [1.54, 1.807) is 6.07 Å². The summed E-state index contributed by atoms with van der Waals surface area (Å²) in [7, 11) is 0. The van der Waals surface area contributed by atoms with Crippen LogP contribution in [0.3, 0.4) is 0 Å². The molecule has 0 aromatic carbocycles. The van der Waals surface area contributed by atoms with Crippen molar-refractivity contribution in [3.63, 3.8) is 0 Å². The Kier molecular flexibility index (Phi) is 3.59. The van der Waals surface area contributed by atoms with Crippen molar-refractivity contribution in [1.29, 1.82) is 0 Å². The number of nitrogens with one attached hydrogen (secondary N) is 3. The average Bonchev–Trinajstić information content (AvgIpc) is 3.07. The number of carbonyl (C=O) groups is 2. The zero-order valence-corrected chi connectivity index (χ0v) is 11.5. The number of nitrogens with zero attached hydrogens (tertiary/aromatic N) is 2. The lowest BCUT2D eigenvalue weighted by atomic mass is 10.2. The van der Waals surface area contributed by atoms with Crippen LogP contribution < -0.4 is 21.5 Å².